The van der Waals surface area contributed by atoms with Gasteiger partial charge in [0.15, 0.2) is 0 Å². The number of nitrogens with one attached hydrogen (secondary N) is 1. The molecule has 0 saturated carbocycles. The third-order valence-corrected chi connectivity index (χ3v) is 3.98. The highest BCUT2D eigenvalue weighted by atomic mass is 16.5. The Hall–Kier alpha value is -1.33. The number of carbonyl (C=O) groups excluding carboxylic acids is 1. The summed E-state index contributed by atoms with van der Waals surface area (Å²) >= 11 is 0. The second kappa shape index (κ2) is 6.41. The van der Waals surface area contributed by atoms with Crippen molar-refractivity contribution < 1.29 is 9.53 Å². The van der Waals surface area contributed by atoms with Crippen molar-refractivity contribution >= 4 is 5.91 Å². The number of hydrogen-bond donors (Lipinski definition) is 1. The zero-order chi connectivity index (χ0) is 14.7. The largest absolute Gasteiger partial charge is 0.378 e. The summed E-state index contributed by atoms with van der Waals surface area (Å²) in [6.07, 6.45) is 2.02. The fourth-order valence-corrected chi connectivity index (χ4v) is 2.77. The predicted octanol–water partition coefficient (Wildman–Crippen LogP) is 1.52. The Bertz CT molecular complexity index is 456. The summed E-state index contributed by atoms with van der Waals surface area (Å²) in [5.74, 6) is -0.0197. The van der Waals surface area contributed by atoms with E-state index < -0.39 is 0 Å². The molecule has 1 aliphatic heterocycles. The molecule has 1 aromatic heterocycles. The lowest BCUT2D eigenvalue weighted by molar-refractivity contribution is 0.0755. The van der Waals surface area contributed by atoms with Crippen LogP contribution in [-0.2, 0) is 4.74 Å². The summed E-state index contributed by atoms with van der Waals surface area (Å²) in [5.41, 5.74) is 0.713. The number of likely N-dealkylation sites (N-methyl/N-ethyl adjacent to an activating group) is 1. The minimum Gasteiger partial charge on any atom is -0.378 e. The third-order valence-electron chi connectivity index (χ3n) is 3.98. The van der Waals surface area contributed by atoms with Gasteiger partial charge in [0.1, 0.15) is 5.69 Å². The molecule has 0 aromatic carbocycles. The first kappa shape index (κ1) is 15.1. The van der Waals surface area contributed by atoms with Gasteiger partial charge in [-0.25, -0.2) is 0 Å². The number of rotatable bonds is 5. The molecule has 0 unspecified atom stereocenters. The van der Waals surface area contributed by atoms with E-state index in [2.05, 4.69) is 31.0 Å². The van der Waals surface area contributed by atoms with Gasteiger partial charge in [-0.15, -0.1) is 0 Å². The van der Waals surface area contributed by atoms with Gasteiger partial charge in [-0.05, 0) is 32.5 Å². The number of carbonyl (C=O) groups is 1. The molecule has 1 fully saturated rings. The van der Waals surface area contributed by atoms with Crippen LogP contribution >= 0.6 is 0 Å². The summed E-state index contributed by atoms with van der Waals surface area (Å²) < 4.78 is 7.48. The normalized spacial score (nSPS) is 23.4. The first-order valence-corrected chi connectivity index (χ1v) is 7.29. The Balaban J connectivity index is 2.05. The van der Waals surface area contributed by atoms with Crippen LogP contribution in [0.2, 0.25) is 0 Å². The van der Waals surface area contributed by atoms with E-state index in [0.717, 1.165) is 19.6 Å². The van der Waals surface area contributed by atoms with Crippen molar-refractivity contribution in [2.45, 2.75) is 39.0 Å². The Morgan fingerprint density at radius 2 is 2.25 bits per heavy atom. The van der Waals surface area contributed by atoms with Crippen LogP contribution in [0.25, 0.3) is 0 Å². The molecule has 1 aliphatic rings. The lowest BCUT2D eigenvalue weighted by atomic mass is 10.2. The molecule has 5 heteroatoms. The molecular formula is C15H25N3O2. The molecule has 1 N–H and O–H groups in total. The second-order valence-electron chi connectivity index (χ2n) is 5.60. The molecule has 2 heterocycles. The van der Waals surface area contributed by atoms with Crippen molar-refractivity contribution in [2.24, 2.45) is 0 Å². The van der Waals surface area contributed by atoms with Crippen molar-refractivity contribution in [3.8, 4) is 0 Å². The molecule has 0 aliphatic carbocycles. The smallest absolute Gasteiger partial charge is 0.268 e. The number of aromatic nitrogens is 1. The average molecular weight is 279 g/mol. The molecule has 1 aromatic rings. The Kier molecular flexibility index (Phi) is 4.83. The molecule has 0 radical (unpaired) electrons. The van der Waals surface area contributed by atoms with Crippen molar-refractivity contribution in [3.05, 3.63) is 24.0 Å². The van der Waals surface area contributed by atoms with Gasteiger partial charge < -0.3 is 14.6 Å². The van der Waals surface area contributed by atoms with Crippen LogP contribution in [0, 0.1) is 0 Å². The molecule has 5 nitrogen and oxygen atoms in total. The van der Waals surface area contributed by atoms with Gasteiger partial charge in [-0.2, -0.15) is 0 Å². The van der Waals surface area contributed by atoms with Crippen LogP contribution in [0.4, 0.5) is 0 Å². The minimum atomic E-state index is -0.0197. The molecule has 20 heavy (non-hydrogen) atoms. The first-order valence-electron chi connectivity index (χ1n) is 7.29. The van der Waals surface area contributed by atoms with Gasteiger partial charge in [0.2, 0.25) is 0 Å². The van der Waals surface area contributed by atoms with Crippen LogP contribution in [0.3, 0.4) is 0 Å². The standard InChI is InChI=1S/C15H25N3O2/c1-5-17-9-12(14(10-17)20-4)16-15(19)13-7-6-8-18(13)11(2)3/h6-8,11-12,14H,5,9-10H2,1-4H3,(H,16,19)/t12-,14-/m1/s1. The molecule has 1 amide bonds. The third kappa shape index (κ3) is 3.04. The van der Waals surface area contributed by atoms with E-state index in [1.807, 2.05) is 22.9 Å². The van der Waals surface area contributed by atoms with E-state index in [0.29, 0.717) is 5.69 Å². The number of likely N-dealkylation sites (tertiary alicyclic amines) is 1. The summed E-state index contributed by atoms with van der Waals surface area (Å²) in [7, 11) is 1.71. The van der Waals surface area contributed by atoms with Crippen molar-refractivity contribution in [3.63, 3.8) is 0 Å². The van der Waals surface area contributed by atoms with E-state index in [1.54, 1.807) is 7.11 Å². The van der Waals surface area contributed by atoms with Gasteiger partial charge in [-0.3, -0.25) is 9.69 Å². The van der Waals surface area contributed by atoms with Crippen molar-refractivity contribution in [2.75, 3.05) is 26.7 Å². The van der Waals surface area contributed by atoms with E-state index in [1.165, 1.54) is 0 Å². The quantitative estimate of drug-likeness (QED) is 0.889. The highest BCUT2D eigenvalue weighted by Gasteiger charge is 2.33. The SMILES string of the molecule is CCN1C[C@@H](NC(=O)c2cccn2C(C)C)[C@H](OC)C1. The summed E-state index contributed by atoms with van der Waals surface area (Å²) in [6, 6.07) is 4.11. The van der Waals surface area contributed by atoms with Crippen LogP contribution in [0.5, 0.6) is 0 Å². The first-order chi connectivity index (χ1) is 9.56. The Morgan fingerprint density at radius 3 is 2.85 bits per heavy atom. The molecule has 2 rings (SSSR count). The maximum atomic E-state index is 12.4. The van der Waals surface area contributed by atoms with E-state index in [4.69, 9.17) is 4.74 Å². The second-order valence-corrected chi connectivity index (χ2v) is 5.60. The van der Waals surface area contributed by atoms with Gasteiger partial charge in [0.25, 0.3) is 5.91 Å². The number of methoxy groups -OCH3 is 1. The van der Waals surface area contributed by atoms with Crippen LogP contribution in [-0.4, -0.2) is 54.3 Å². The highest BCUT2D eigenvalue weighted by Crippen LogP contribution is 2.15. The lowest BCUT2D eigenvalue weighted by Gasteiger charge is -2.20. The maximum Gasteiger partial charge on any atom is 0.268 e. The summed E-state index contributed by atoms with van der Waals surface area (Å²) in [5, 5.41) is 3.12. The topological polar surface area (TPSA) is 46.5 Å². The van der Waals surface area contributed by atoms with Crippen molar-refractivity contribution in [1.82, 2.24) is 14.8 Å². The fourth-order valence-electron chi connectivity index (χ4n) is 2.77. The predicted molar refractivity (Wildman–Crippen MR) is 79.0 cm³/mol. The summed E-state index contributed by atoms with van der Waals surface area (Å²) in [4.78, 5) is 14.7. The number of amides is 1. The summed E-state index contributed by atoms with van der Waals surface area (Å²) in [6.45, 7) is 8.98. The van der Waals surface area contributed by atoms with Crippen LogP contribution in [0.1, 0.15) is 37.3 Å². The maximum absolute atomic E-state index is 12.4. The zero-order valence-corrected chi connectivity index (χ0v) is 12.8. The molecule has 0 spiro atoms. The zero-order valence-electron chi connectivity index (χ0n) is 12.8. The molecule has 2 atom stereocenters. The Morgan fingerprint density at radius 1 is 1.50 bits per heavy atom. The highest BCUT2D eigenvalue weighted by molar-refractivity contribution is 5.93. The van der Waals surface area contributed by atoms with Gasteiger partial charge in [0, 0.05) is 32.4 Å². The minimum absolute atomic E-state index is 0.0197. The van der Waals surface area contributed by atoms with E-state index in [-0.39, 0.29) is 24.1 Å². The number of hydrogen-bond acceptors (Lipinski definition) is 3. The number of nitrogens with zero attached hydrogens (tertiary/aromatic N) is 2. The van der Waals surface area contributed by atoms with Crippen LogP contribution in [0.15, 0.2) is 18.3 Å². The lowest BCUT2D eigenvalue weighted by Crippen LogP contribution is -2.44. The van der Waals surface area contributed by atoms with E-state index in [9.17, 15) is 4.79 Å². The number of ether oxygens (including phenoxy) is 1. The monoisotopic (exact) mass is 279 g/mol. The Labute approximate surface area is 120 Å². The van der Waals surface area contributed by atoms with Gasteiger partial charge in [0.05, 0.1) is 12.1 Å². The van der Waals surface area contributed by atoms with Crippen LogP contribution < -0.4 is 5.32 Å². The molecule has 112 valence electrons. The van der Waals surface area contributed by atoms with Crippen molar-refractivity contribution in [1.29, 1.82) is 0 Å². The molecular weight excluding hydrogens is 254 g/mol. The fraction of sp³-hybridized carbons (Fsp3) is 0.667. The molecule has 0 bridgehead atoms. The van der Waals surface area contributed by atoms with E-state index >= 15 is 0 Å². The van der Waals surface area contributed by atoms with Gasteiger partial charge in [-0.1, -0.05) is 6.92 Å². The molecule has 1 saturated heterocycles. The average Bonchev–Trinajstić information content (AvgIpc) is 3.04. The van der Waals surface area contributed by atoms with Gasteiger partial charge >= 0.3 is 0 Å².